The molecule has 0 saturated carbocycles. The maximum absolute atomic E-state index is 11.6. The number of carbonyl (C=O) groups is 1. The van der Waals surface area contributed by atoms with Crippen molar-refractivity contribution in [3.8, 4) is 0 Å². The summed E-state index contributed by atoms with van der Waals surface area (Å²) in [4.78, 5) is 15.7. The molecule has 0 aromatic carbocycles. The molecule has 0 bridgehead atoms. The number of hydrogen-bond acceptors (Lipinski definition) is 4. The minimum atomic E-state index is 0.00259. The van der Waals surface area contributed by atoms with E-state index in [4.69, 9.17) is 5.73 Å². The monoisotopic (exact) mass is 241 g/mol. The van der Waals surface area contributed by atoms with Gasteiger partial charge in [0.2, 0.25) is 5.91 Å². The Bertz CT molecular complexity index is 311. The van der Waals surface area contributed by atoms with Gasteiger partial charge in [-0.1, -0.05) is 0 Å². The highest BCUT2D eigenvalue weighted by molar-refractivity contribution is 7.09. The van der Waals surface area contributed by atoms with Crippen LogP contribution in [0.1, 0.15) is 44.2 Å². The average molecular weight is 241 g/mol. The van der Waals surface area contributed by atoms with Crippen LogP contribution >= 0.6 is 11.3 Å². The zero-order valence-corrected chi connectivity index (χ0v) is 10.6. The van der Waals surface area contributed by atoms with Crippen molar-refractivity contribution in [2.24, 2.45) is 5.73 Å². The van der Waals surface area contributed by atoms with Crippen LogP contribution in [-0.2, 0) is 4.79 Å². The molecule has 0 aliphatic rings. The van der Waals surface area contributed by atoms with Gasteiger partial charge in [-0.05, 0) is 26.7 Å². The van der Waals surface area contributed by atoms with Crippen molar-refractivity contribution < 1.29 is 4.79 Å². The first-order valence-electron chi connectivity index (χ1n) is 5.54. The van der Waals surface area contributed by atoms with Crippen LogP contribution in [0.2, 0.25) is 0 Å². The largest absolute Gasteiger partial charge is 0.347 e. The molecule has 16 heavy (non-hydrogen) atoms. The molecule has 1 heterocycles. The summed E-state index contributed by atoms with van der Waals surface area (Å²) in [6.45, 7) is 3.90. The van der Waals surface area contributed by atoms with E-state index in [-0.39, 0.29) is 18.0 Å². The molecule has 0 aliphatic heterocycles. The van der Waals surface area contributed by atoms with Crippen molar-refractivity contribution in [2.75, 3.05) is 0 Å². The molecule has 0 spiro atoms. The van der Waals surface area contributed by atoms with Crippen molar-refractivity contribution in [2.45, 2.75) is 45.2 Å². The highest BCUT2D eigenvalue weighted by Gasteiger charge is 2.11. The number of hydrogen-bond donors (Lipinski definition) is 2. The molecule has 5 heteroatoms. The topological polar surface area (TPSA) is 68.0 Å². The maximum atomic E-state index is 11.6. The van der Waals surface area contributed by atoms with E-state index >= 15 is 0 Å². The van der Waals surface area contributed by atoms with Gasteiger partial charge in [0, 0.05) is 24.0 Å². The lowest BCUT2D eigenvalue weighted by Crippen LogP contribution is -2.26. The van der Waals surface area contributed by atoms with Crippen LogP contribution in [0.5, 0.6) is 0 Å². The van der Waals surface area contributed by atoms with Gasteiger partial charge in [-0.25, -0.2) is 4.98 Å². The second-order valence-electron chi connectivity index (χ2n) is 4.03. The number of thiazole rings is 1. The predicted molar refractivity (Wildman–Crippen MR) is 66.2 cm³/mol. The van der Waals surface area contributed by atoms with E-state index in [2.05, 4.69) is 10.3 Å². The molecular formula is C11H19N3OS. The molecule has 90 valence electrons. The highest BCUT2D eigenvalue weighted by Crippen LogP contribution is 2.14. The van der Waals surface area contributed by atoms with Gasteiger partial charge in [0.15, 0.2) is 0 Å². The minimum Gasteiger partial charge on any atom is -0.347 e. The SMILES string of the molecule is CC(N)CCCC(=O)NC(C)c1nccs1. The Kier molecular flexibility index (Phi) is 5.42. The zero-order chi connectivity index (χ0) is 12.0. The normalized spacial score (nSPS) is 14.4. The number of amides is 1. The Morgan fingerprint density at radius 3 is 2.94 bits per heavy atom. The summed E-state index contributed by atoms with van der Waals surface area (Å²) < 4.78 is 0. The van der Waals surface area contributed by atoms with E-state index in [0.717, 1.165) is 17.8 Å². The molecule has 4 nitrogen and oxygen atoms in total. The lowest BCUT2D eigenvalue weighted by atomic mass is 10.1. The van der Waals surface area contributed by atoms with Gasteiger partial charge in [-0.2, -0.15) is 0 Å². The van der Waals surface area contributed by atoms with Crippen molar-refractivity contribution in [3.05, 3.63) is 16.6 Å². The minimum absolute atomic E-state index is 0.00259. The standard InChI is InChI=1S/C11H19N3OS/c1-8(12)4-3-5-10(15)14-9(2)11-13-6-7-16-11/h6-9H,3-5,12H2,1-2H3,(H,14,15). The fourth-order valence-electron chi connectivity index (χ4n) is 1.41. The van der Waals surface area contributed by atoms with Crippen LogP contribution in [0.15, 0.2) is 11.6 Å². The molecule has 1 amide bonds. The van der Waals surface area contributed by atoms with Gasteiger partial charge in [-0.15, -0.1) is 11.3 Å². The van der Waals surface area contributed by atoms with E-state index in [0.29, 0.717) is 6.42 Å². The Hall–Kier alpha value is -0.940. The quantitative estimate of drug-likeness (QED) is 0.798. The first-order chi connectivity index (χ1) is 7.59. The van der Waals surface area contributed by atoms with Crippen LogP contribution in [-0.4, -0.2) is 16.9 Å². The Morgan fingerprint density at radius 2 is 2.38 bits per heavy atom. The molecule has 0 radical (unpaired) electrons. The van der Waals surface area contributed by atoms with Crippen LogP contribution < -0.4 is 11.1 Å². The van der Waals surface area contributed by atoms with E-state index in [1.165, 1.54) is 0 Å². The molecular weight excluding hydrogens is 222 g/mol. The van der Waals surface area contributed by atoms with Crippen LogP contribution in [0.3, 0.4) is 0 Å². The lowest BCUT2D eigenvalue weighted by Gasteiger charge is -2.11. The Morgan fingerprint density at radius 1 is 1.62 bits per heavy atom. The maximum Gasteiger partial charge on any atom is 0.220 e. The lowest BCUT2D eigenvalue weighted by molar-refractivity contribution is -0.121. The third-order valence-corrected chi connectivity index (χ3v) is 3.22. The van der Waals surface area contributed by atoms with Crippen LogP contribution in [0.25, 0.3) is 0 Å². The second kappa shape index (κ2) is 6.60. The van der Waals surface area contributed by atoms with E-state index in [9.17, 15) is 4.79 Å². The molecule has 0 aliphatic carbocycles. The first-order valence-corrected chi connectivity index (χ1v) is 6.42. The summed E-state index contributed by atoms with van der Waals surface area (Å²) in [7, 11) is 0. The van der Waals surface area contributed by atoms with Crippen molar-refractivity contribution >= 4 is 17.2 Å². The fraction of sp³-hybridized carbons (Fsp3) is 0.636. The van der Waals surface area contributed by atoms with Gasteiger partial charge >= 0.3 is 0 Å². The number of carbonyl (C=O) groups excluding carboxylic acids is 1. The predicted octanol–water partition coefficient (Wildman–Crippen LogP) is 1.84. The smallest absolute Gasteiger partial charge is 0.220 e. The number of nitrogens with two attached hydrogens (primary N) is 1. The molecule has 2 atom stereocenters. The molecule has 2 unspecified atom stereocenters. The first kappa shape index (κ1) is 13.1. The molecule has 1 aromatic rings. The third-order valence-electron chi connectivity index (χ3n) is 2.26. The van der Waals surface area contributed by atoms with E-state index < -0.39 is 0 Å². The van der Waals surface area contributed by atoms with Gasteiger partial charge in [0.1, 0.15) is 5.01 Å². The second-order valence-corrected chi connectivity index (χ2v) is 4.96. The summed E-state index contributed by atoms with van der Waals surface area (Å²) >= 11 is 1.56. The van der Waals surface area contributed by atoms with Gasteiger partial charge in [-0.3, -0.25) is 4.79 Å². The summed E-state index contributed by atoms with van der Waals surface area (Å²) in [6.07, 6.45) is 4.02. The molecule has 1 aromatic heterocycles. The Labute approximate surface area is 100 Å². The summed E-state index contributed by atoms with van der Waals surface area (Å²) in [5.41, 5.74) is 5.62. The van der Waals surface area contributed by atoms with Crippen molar-refractivity contribution in [3.63, 3.8) is 0 Å². The van der Waals surface area contributed by atoms with Gasteiger partial charge in [0.05, 0.1) is 6.04 Å². The molecule has 1 rings (SSSR count). The summed E-state index contributed by atoms with van der Waals surface area (Å²) in [6, 6.07) is 0.173. The number of nitrogens with zero attached hydrogens (tertiary/aromatic N) is 1. The van der Waals surface area contributed by atoms with Gasteiger partial charge in [0.25, 0.3) is 0 Å². The molecule has 0 fully saturated rings. The highest BCUT2D eigenvalue weighted by atomic mass is 32.1. The summed E-state index contributed by atoms with van der Waals surface area (Å²) in [5.74, 6) is 0.0725. The number of rotatable bonds is 6. The zero-order valence-electron chi connectivity index (χ0n) is 9.77. The van der Waals surface area contributed by atoms with E-state index in [1.807, 2.05) is 19.2 Å². The third kappa shape index (κ3) is 4.72. The number of aromatic nitrogens is 1. The molecule has 0 saturated heterocycles. The van der Waals surface area contributed by atoms with Gasteiger partial charge < -0.3 is 11.1 Å². The average Bonchev–Trinajstić information content (AvgIpc) is 2.69. The fourth-order valence-corrected chi connectivity index (χ4v) is 2.05. The van der Waals surface area contributed by atoms with E-state index in [1.54, 1.807) is 17.5 Å². The number of nitrogens with one attached hydrogen (secondary N) is 1. The van der Waals surface area contributed by atoms with Crippen molar-refractivity contribution in [1.29, 1.82) is 0 Å². The Balaban J connectivity index is 2.24. The van der Waals surface area contributed by atoms with Crippen LogP contribution in [0.4, 0.5) is 0 Å². The van der Waals surface area contributed by atoms with Crippen molar-refractivity contribution in [1.82, 2.24) is 10.3 Å². The van der Waals surface area contributed by atoms with Crippen LogP contribution in [0, 0.1) is 0 Å². The summed E-state index contributed by atoms with van der Waals surface area (Å²) in [5, 5.41) is 5.78. The molecule has 3 N–H and O–H groups in total.